The zero-order valence-electron chi connectivity index (χ0n) is 12.2. The van der Waals surface area contributed by atoms with Crippen molar-refractivity contribution in [3.8, 4) is 0 Å². The van der Waals surface area contributed by atoms with Gasteiger partial charge in [-0.05, 0) is 37.3 Å². The van der Waals surface area contributed by atoms with Gasteiger partial charge in [-0.25, -0.2) is 9.37 Å². The van der Waals surface area contributed by atoms with Gasteiger partial charge in [-0.1, -0.05) is 0 Å². The number of nitrogens with zero attached hydrogens (tertiary/aromatic N) is 2. The van der Waals surface area contributed by atoms with Gasteiger partial charge in [-0.2, -0.15) is 0 Å². The minimum atomic E-state index is -0.291. The van der Waals surface area contributed by atoms with Crippen LogP contribution in [0.2, 0.25) is 0 Å². The second-order valence-corrected chi connectivity index (χ2v) is 6.80. The number of ether oxygens (including phenoxy) is 1. The van der Waals surface area contributed by atoms with Gasteiger partial charge >= 0.3 is 0 Å². The third-order valence-corrected chi connectivity index (χ3v) is 4.92. The van der Waals surface area contributed by atoms with E-state index in [2.05, 4.69) is 15.2 Å². The molecule has 0 radical (unpaired) electrons. The summed E-state index contributed by atoms with van der Waals surface area (Å²) in [5.41, 5.74) is -0.0161. The van der Waals surface area contributed by atoms with Crippen molar-refractivity contribution < 1.29 is 9.13 Å². The maximum atomic E-state index is 13.7. The molecule has 1 aliphatic carbocycles. The van der Waals surface area contributed by atoms with Crippen molar-refractivity contribution in [1.82, 2.24) is 9.88 Å². The summed E-state index contributed by atoms with van der Waals surface area (Å²) in [5, 5.41) is 3.20. The van der Waals surface area contributed by atoms with Crippen LogP contribution in [-0.4, -0.2) is 47.8 Å². The van der Waals surface area contributed by atoms with Gasteiger partial charge in [0.15, 0.2) is 11.6 Å². The molecule has 1 N–H and O–H groups in total. The minimum Gasteiger partial charge on any atom is -0.371 e. The molecular weight excluding hydrogens is 269 g/mol. The number of pyridine rings is 1. The maximum absolute atomic E-state index is 13.7. The van der Waals surface area contributed by atoms with Gasteiger partial charge in [0.25, 0.3) is 0 Å². The van der Waals surface area contributed by atoms with E-state index in [0.29, 0.717) is 12.4 Å². The molecule has 2 saturated heterocycles. The van der Waals surface area contributed by atoms with Crippen LogP contribution in [0.15, 0.2) is 18.3 Å². The molecule has 1 aromatic heterocycles. The Balaban J connectivity index is 1.35. The lowest BCUT2D eigenvalue weighted by molar-refractivity contribution is 0.0123. The number of anilines is 1. The van der Waals surface area contributed by atoms with E-state index in [9.17, 15) is 4.39 Å². The third-order valence-electron chi connectivity index (χ3n) is 4.92. The van der Waals surface area contributed by atoms with Gasteiger partial charge < -0.3 is 15.0 Å². The van der Waals surface area contributed by atoms with Crippen LogP contribution in [0.4, 0.5) is 10.2 Å². The van der Waals surface area contributed by atoms with Gasteiger partial charge in [0.05, 0.1) is 18.2 Å². The normalized spacial score (nSPS) is 32.9. The minimum absolute atomic E-state index is 0.0161. The van der Waals surface area contributed by atoms with Crippen LogP contribution in [0.1, 0.15) is 25.7 Å². The first-order valence-corrected chi connectivity index (χ1v) is 7.96. The maximum Gasteiger partial charge on any atom is 0.165 e. The van der Waals surface area contributed by atoms with Crippen molar-refractivity contribution in [1.29, 1.82) is 0 Å². The predicted molar refractivity (Wildman–Crippen MR) is 78.7 cm³/mol. The Morgan fingerprint density at radius 3 is 3.19 bits per heavy atom. The summed E-state index contributed by atoms with van der Waals surface area (Å²) >= 11 is 0. The average Bonchev–Trinajstić information content (AvgIpc) is 3.07. The zero-order chi connectivity index (χ0) is 14.3. The first-order valence-electron chi connectivity index (χ1n) is 7.96. The summed E-state index contributed by atoms with van der Waals surface area (Å²) in [6.07, 6.45) is 6.46. The molecule has 0 bridgehead atoms. The molecule has 0 aromatic carbocycles. The Morgan fingerprint density at radius 1 is 1.48 bits per heavy atom. The topological polar surface area (TPSA) is 37.4 Å². The number of nitrogens with one attached hydrogen (secondary N) is 1. The zero-order valence-corrected chi connectivity index (χ0v) is 12.2. The molecule has 3 aliphatic rings. The van der Waals surface area contributed by atoms with Gasteiger partial charge in [0, 0.05) is 32.3 Å². The molecule has 4 nitrogen and oxygen atoms in total. The monoisotopic (exact) mass is 291 g/mol. The second-order valence-electron chi connectivity index (χ2n) is 6.80. The van der Waals surface area contributed by atoms with Crippen LogP contribution < -0.4 is 5.32 Å². The third kappa shape index (κ3) is 2.90. The lowest BCUT2D eigenvalue weighted by Gasteiger charge is -2.23. The smallest absolute Gasteiger partial charge is 0.165 e. The van der Waals surface area contributed by atoms with Gasteiger partial charge in [-0.15, -0.1) is 0 Å². The van der Waals surface area contributed by atoms with E-state index in [4.69, 9.17) is 4.74 Å². The Morgan fingerprint density at radius 2 is 2.38 bits per heavy atom. The fraction of sp³-hybridized carbons (Fsp3) is 0.688. The van der Waals surface area contributed by atoms with Crippen molar-refractivity contribution in [2.45, 2.75) is 37.3 Å². The van der Waals surface area contributed by atoms with Gasteiger partial charge in [0.2, 0.25) is 0 Å². The molecule has 3 heterocycles. The molecule has 4 rings (SSSR count). The highest BCUT2D eigenvalue weighted by atomic mass is 19.1. The van der Waals surface area contributed by atoms with Crippen molar-refractivity contribution in [2.75, 3.05) is 31.6 Å². The summed E-state index contributed by atoms with van der Waals surface area (Å²) < 4.78 is 19.8. The molecule has 2 unspecified atom stereocenters. The van der Waals surface area contributed by atoms with Crippen LogP contribution >= 0.6 is 0 Å². The van der Waals surface area contributed by atoms with Crippen molar-refractivity contribution in [3.05, 3.63) is 24.1 Å². The highest BCUT2D eigenvalue weighted by molar-refractivity contribution is 5.37. The Bertz CT molecular complexity index is 522. The number of likely N-dealkylation sites (tertiary alicyclic amines) is 1. The lowest BCUT2D eigenvalue weighted by Crippen LogP contribution is -2.34. The number of hydrogen-bond acceptors (Lipinski definition) is 4. The largest absolute Gasteiger partial charge is 0.371 e. The molecule has 1 saturated carbocycles. The number of halogens is 1. The Labute approximate surface area is 124 Å². The summed E-state index contributed by atoms with van der Waals surface area (Å²) in [6, 6.07) is 3.21. The Kier molecular flexibility index (Phi) is 3.34. The molecule has 0 amide bonds. The predicted octanol–water partition coefficient (Wildman–Crippen LogP) is 2.28. The standard InChI is InChI=1S/C16H22FN3O/c17-14-2-1-6-18-15(14)19-13-8-16(21-10-13)5-7-20(11-16)9-12-3-4-12/h1-2,6,12-13H,3-5,7-11H2,(H,18,19). The summed E-state index contributed by atoms with van der Waals surface area (Å²) in [7, 11) is 0. The van der Waals surface area contributed by atoms with Crippen LogP contribution in [0.5, 0.6) is 0 Å². The number of rotatable bonds is 4. The quantitative estimate of drug-likeness (QED) is 0.923. The molecule has 5 heteroatoms. The molecule has 114 valence electrons. The lowest BCUT2D eigenvalue weighted by atomic mass is 9.97. The molecule has 1 aromatic rings. The van der Waals surface area contributed by atoms with Crippen LogP contribution in [0.25, 0.3) is 0 Å². The summed E-state index contributed by atoms with van der Waals surface area (Å²) in [4.78, 5) is 6.61. The van der Waals surface area contributed by atoms with E-state index < -0.39 is 0 Å². The molecule has 2 aliphatic heterocycles. The van der Waals surface area contributed by atoms with Crippen LogP contribution in [0.3, 0.4) is 0 Å². The summed E-state index contributed by atoms with van der Waals surface area (Å²) in [6.45, 7) is 4.05. The van der Waals surface area contributed by atoms with Crippen molar-refractivity contribution in [2.24, 2.45) is 5.92 Å². The highest BCUT2D eigenvalue weighted by Crippen LogP contribution is 2.38. The number of aromatic nitrogens is 1. The first kappa shape index (κ1) is 13.5. The average molecular weight is 291 g/mol. The van der Waals surface area contributed by atoms with Crippen molar-refractivity contribution >= 4 is 5.82 Å². The van der Waals surface area contributed by atoms with Crippen LogP contribution in [-0.2, 0) is 4.74 Å². The highest BCUT2D eigenvalue weighted by Gasteiger charge is 2.46. The molecule has 21 heavy (non-hydrogen) atoms. The second kappa shape index (κ2) is 5.21. The molecule has 3 fully saturated rings. The van der Waals surface area contributed by atoms with E-state index in [0.717, 1.165) is 31.8 Å². The molecular formula is C16H22FN3O. The summed E-state index contributed by atoms with van der Waals surface area (Å²) in [5.74, 6) is 0.981. The fourth-order valence-corrected chi connectivity index (χ4v) is 3.66. The van der Waals surface area contributed by atoms with Crippen LogP contribution in [0, 0.1) is 11.7 Å². The number of hydrogen-bond donors (Lipinski definition) is 1. The van der Waals surface area contributed by atoms with E-state index in [1.165, 1.54) is 25.5 Å². The van der Waals surface area contributed by atoms with E-state index in [1.54, 1.807) is 12.3 Å². The first-order chi connectivity index (χ1) is 10.2. The SMILES string of the molecule is Fc1cccnc1NC1COC2(CCN(CC3CC3)C2)C1. The molecule has 2 atom stereocenters. The van der Waals surface area contributed by atoms with E-state index in [-0.39, 0.29) is 17.5 Å². The Hall–Kier alpha value is -1.20. The van der Waals surface area contributed by atoms with Gasteiger partial charge in [-0.3, -0.25) is 0 Å². The van der Waals surface area contributed by atoms with E-state index in [1.807, 2.05) is 0 Å². The van der Waals surface area contributed by atoms with Crippen molar-refractivity contribution in [3.63, 3.8) is 0 Å². The van der Waals surface area contributed by atoms with Gasteiger partial charge in [0.1, 0.15) is 0 Å². The molecule has 1 spiro atoms. The van der Waals surface area contributed by atoms with E-state index >= 15 is 0 Å². The fourth-order valence-electron chi connectivity index (χ4n) is 3.66.